The monoisotopic (exact) mass is 317 g/mol. The van der Waals surface area contributed by atoms with Gasteiger partial charge in [-0.15, -0.1) is 11.6 Å². The van der Waals surface area contributed by atoms with Crippen LogP contribution in [0.1, 0.15) is 23.2 Å². The highest BCUT2D eigenvalue weighted by atomic mass is 127. The van der Waals surface area contributed by atoms with Crippen LogP contribution in [0.5, 0.6) is 0 Å². The van der Waals surface area contributed by atoms with Crippen LogP contribution < -0.4 is 0 Å². The molecule has 5 heteroatoms. The van der Waals surface area contributed by atoms with Crippen molar-refractivity contribution < 1.29 is 8.78 Å². The van der Waals surface area contributed by atoms with E-state index in [1.54, 1.807) is 6.92 Å². The molecule has 1 rings (SSSR count). The molecule has 13 heavy (non-hydrogen) atoms. The number of alkyl halides is 3. The van der Waals surface area contributed by atoms with E-state index in [0.717, 1.165) is 9.26 Å². The third-order valence-corrected chi connectivity index (χ3v) is 3.40. The van der Waals surface area contributed by atoms with E-state index in [2.05, 4.69) is 4.98 Å². The molecule has 0 N–H and O–H groups in total. The summed E-state index contributed by atoms with van der Waals surface area (Å²) in [6.45, 7) is 1.77. The second-order valence-electron chi connectivity index (χ2n) is 2.53. The first kappa shape index (κ1) is 11.1. The van der Waals surface area contributed by atoms with Crippen LogP contribution in [0, 0.1) is 10.5 Å². The highest BCUT2D eigenvalue weighted by Gasteiger charge is 2.16. The summed E-state index contributed by atoms with van der Waals surface area (Å²) in [6.07, 6.45) is -1.31. The number of aryl methyl sites for hydroxylation is 1. The van der Waals surface area contributed by atoms with Gasteiger partial charge in [0.05, 0.1) is 5.69 Å². The van der Waals surface area contributed by atoms with E-state index in [-0.39, 0.29) is 11.4 Å². The maximum absolute atomic E-state index is 12.4. The molecule has 1 aromatic heterocycles. The van der Waals surface area contributed by atoms with E-state index >= 15 is 0 Å². The van der Waals surface area contributed by atoms with Crippen LogP contribution in [-0.2, 0) is 5.88 Å². The number of rotatable bonds is 2. The van der Waals surface area contributed by atoms with Crippen molar-refractivity contribution in [2.75, 3.05) is 0 Å². The van der Waals surface area contributed by atoms with Gasteiger partial charge in [0.1, 0.15) is 0 Å². The predicted octanol–water partition coefficient (Wildman–Crippen LogP) is 3.67. The molecule has 72 valence electrons. The Bertz CT molecular complexity index is 317. The number of pyridine rings is 1. The molecule has 0 saturated heterocycles. The molecular formula is C8H7ClF2IN. The quantitative estimate of drug-likeness (QED) is 0.599. The first-order valence-electron chi connectivity index (χ1n) is 3.56. The smallest absolute Gasteiger partial charge is 0.260 e. The molecular weight excluding hydrogens is 310 g/mol. The molecule has 0 unspecified atom stereocenters. The van der Waals surface area contributed by atoms with E-state index in [9.17, 15) is 8.78 Å². The molecule has 0 aromatic carbocycles. The van der Waals surface area contributed by atoms with E-state index < -0.39 is 6.43 Å². The van der Waals surface area contributed by atoms with Crippen LogP contribution in [-0.4, -0.2) is 4.98 Å². The number of hydrogen-bond donors (Lipinski definition) is 0. The molecule has 1 nitrogen and oxygen atoms in total. The van der Waals surface area contributed by atoms with Gasteiger partial charge in [-0.1, -0.05) is 0 Å². The summed E-state index contributed by atoms with van der Waals surface area (Å²) in [5, 5.41) is 0. The van der Waals surface area contributed by atoms with Crippen molar-refractivity contribution in [3.8, 4) is 0 Å². The Hall–Kier alpha value is 0.0300. The van der Waals surface area contributed by atoms with Crippen molar-refractivity contribution in [3.63, 3.8) is 0 Å². The molecule has 0 atom stereocenters. The average Bonchev–Trinajstić information content (AvgIpc) is 2.09. The summed E-state index contributed by atoms with van der Waals surface area (Å²) in [6, 6.07) is 0. The van der Waals surface area contributed by atoms with Gasteiger partial charge in [0.25, 0.3) is 6.43 Å². The summed E-state index contributed by atoms with van der Waals surface area (Å²) in [7, 11) is 0. The average molecular weight is 318 g/mol. The van der Waals surface area contributed by atoms with Gasteiger partial charge < -0.3 is 0 Å². The van der Waals surface area contributed by atoms with Gasteiger partial charge in [-0.3, -0.25) is 4.98 Å². The molecule has 1 heterocycles. The number of halogens is 4. The number of hydrogen-bond acceptors (Lipinski definition) is 1. The van der Waals surface area contributed by atoms with E-state index in [4.69, 9.17) is 11.6 Å². The zero-order valence-corrected chi connectivity index (χ0v) is 9.73. The molecule has 0 aliphatic heterocycles. The molecule has 0 saturated carbocycles. The Balaban J connectivity index is 3.30. The molecule has 0 aliphatic rings. The Morgan fingerprint density at radius 1 is 1.62 bits per heavy atom. The number of nitrogens with zero attached hydrogens (tertiary/aromatic N) is 1. The largest absolute Gasteiger partial charge is 0.265 e. The Labute approximate surface area is 93.6 Å². The van der Waals surface area contributed by atoms with Crippen LogP contribution in [0.15, 0.2) is 6.20 Å². The van der Waals surface area contributed by atoms with Crippen LogP contribution >= 0.6 is 34.2 Å². The summed E-state index contributed by atoms with van der Waals surface area (Å²) in [4.78, 5) is 3.86. The van der Waals surface area contributed by atoms with Gasteiger partial charge in [0.15, 0.2) is 0 Å². The third-order valence-electron chi connectivity index (χ3n) is 1.70. The van der Waals surface area contributed by atoms with Gasteiger partial charge >= 0.3 is 0 Å². The zero-order chi connectivity index (χ0) is 10.0. The van der Waals surface area contributed by atoms with E-state index in [1.165, 1.54) is 6.20 Å². The topological polar surface area (TPSA) is 12.9 Å². The fraction of sp³-hybridized carbons (Fsp3) is 0.375. The molecule has 0 amide bonds. The number of aromatic nitrogens is 1. The summed E-state index contributed by atoms with van der Waals surface area (Å²) >= 11 is 7.57. The SMILES string of the molecule is Cc1ncc(C(F)F)c(CCl)c1I. The third kappa shape index (κ3) is 2.28. The molecule has 1 aromatic rings. The lowest BCUT2D eigenvalue weighted by atomic mass is 10.1. The second-order valence-corrected chi connectivity index (χ2v) is 3.87. The standard InChI is InChI=1S/C8H7ClF2IN/c1-4-7(12)5(2-9)6(3-13-4)8(10)11/h3,8H,2H2,1H3. The van der Waals surface area contributed by atoms with Gasteiger partial charge in [0, 0.05) is 21.2 Å². The van der Waals surface area contributed by atoms with Gasteiger partial charge in [-0.05, 0) is 35.1 Å². The van der Waals surface area contributed by atoms with Crippen molar-refractivity contribution in [2.24, 2.45) is 0 Å². The molecule has 0 radical (unpaired) electrons. The van der Waals surface area contributed by atoms with Crippen molar-refractivity contribution in [2.45, 2.75) is 19.2 Å². The summed E-state index contributed by atoms with van der Waals surface area (Å²) < 4.78 is 25.6. The lowest BCUT2D eigenvalue weighted by molar-refractivity contribution is 0.150. The van der Waals surface area contributed by atoms with Crippen LogP contribution in [0.2, 0.25) is 0 Å². The Kier molecular flexibility index (Phi) is 3.85. The van der Waals surface area contributed by atoms with Crippen LogP contribution in [0.25, 0.3) is 0 Å². The van der Waals surface area contributed by atoms with E-state index in [1.807, 2.05) is 22.6 Å². The minimum atomic E-state index is -2.50. The van der Waals surface area contributed by atoms with Gasteiger partial charge in [-0.25, -0.2) is 8.78 Å². The van der Waals surface area contributed by atoms with Crippen molar-refractivity contribution in [1.29, 1.82) is 0 Å². The summed E-state index contributed by atoms with van der Waals surface area (Å²) in [5.41, 5.74) is 1.16. The molecule has 0 fully saturated rings. The summed E-state index contributed by atoms with van der Waals surface area (Å²) in [5.74, 6) is 0.0985. The first-order chi connectivity index (χ1) is 6.07. The van der Waals surface area contributed by atoms with E-state index in [0.29, 0.717) is 5.56 Å². The van der Waals surface area contributed by atoms with Crippen LogP contribution in [0.3, 0.4) is 0 Å². The minimum Gasteiger partial charge on any atom is -0.260 e. The van der Waals surface area contributed by atoms with Crippen LogP contribution in [0.4, 0.5) is 8.78 Å². The van der Waals surface area contributed by atoms with Crippen molar-refractivity contribution >= 4 is 34.2 Å². The lowest BCUT2D eigenvalue weighted by Crippen LogP contribution is -2.00. The molecule has 0 spiro atoms. The first-order valence-corrected chi connectivity index (χ1v) is 5.17. The van der Waals surface area contributed by atoms with Gasteiger partial charge in [-0.2, -0.15) is 0 Å². The normalized spacial score (nSPS) is 10.9. The second kappa shape index (κ2) is 4.50. The maximum atomic E-state index is 12.4. The molecule has 0 bridgehead atoms. The Morgan fingerprint density at radius 2 is 2.23 bits per heavy atom. The maximum Gasteiger partial charge on any atom is 0.265 e. The molecule has 0 aliphatic carbocycles. The highest BCUT2D eigenvalue weighted by Crippen LogP contribution is 2.28. The Morgan fingerprint density at radius 3 is 2.69 bits per heavy atom. The fourth-order valence-corrected chi connectivity index (χ4v) is 2.12. The van der Waals surface area contributed by atoms with Crippen molar-refractivity contribution in [3.05, 3.63) is 26.6 Å². The van der Waals surface area contributed by atoms with Crippen molar-refractivity contribution in [1.82, 2.24) is 4.98 Å². The minimum absolute atomic E-state index is 0.0648. The predicted molar refractivity (Wildman–Crippen MR) is 56.2 cm³/mol. The zero-order valence-electron chi connectivity index (χ0n) is 6.82. The van der Waals surface area contributed by atoms with Gasteiger partial charge in [0.2, 0.25) is 0 Å². The fourth-order valence-electron chi connectivity index (χ4n) is 0.970. The lowest BCUT2D eigenvalue weighted by Gasteiger charge is -2.09. The highest BCUT2D eigenvalue weighted by molar-refractivity contribution is 14.1.